The molecule has 1 aliphatic carbocycles. The van der Waals surface area contributed by atoms with Crippen molar-refractivity contribution in [2.75, 3.05) is 73.6 Å². The first-order valence-corrected chi connectivity index (χ1v) is 24.6. The van der Waals surface area contributed by atoms with E-state index < -0.39 is 14.9 Å². The molecule has 334 valence electrons. The van der Waals surface area contributed by atoms with E-state index in [1.165, 1.54) is 35.2 Å². The average Bonchev–Trinajstić information content (AvgIpc) is 3.25. The number of halogens is 1. The van der Waals surface area contributed by atoms with Gasteiger partial charge in [0.1, 0.15) is 12.0 Å². The first kappa shape index (κ1) is 46.3. The van der Waals surface area contributed by atoms with Crippen LogP contribution in [0, 0.1) is 21.4 Å². The highest BCUT2D eigenvalue weighted by molar-refractivity contribution is 7.99. The predicted octanol–water partition coefficient (Wildman–Crippen LogP) is 10.3. The summed E-state index contributed by atoms with van der Waals surface area (Å²) < 4.78 is 30.3. The normalized spacial score (nSPS) is 16.5. The second-order valence-corrected chi connectivity index (χ2v) is 21.3. The van der Waals surface area contributed by atoms with Crippen molar-refractivity contribution in [3.63, 3.8) is 0 Å². The van der Waals surface area contributed by atoms with Crippen LogP contribution < -0.4 is 14.9 Å². The second-order valence-electron chi connectivity index (χ2n) is 18.1. The zero-order valence-corrected chi connectivity index (χ0v) is 39.3. The molecular formula is C48H59ClN8O4S2. The fourth-order valence-electron chi connectivity index (χ4n) is 8.68. The molecule has 4 aromatic carbocycles. The van der Waals surface area contributed by atoms with Gasteiger partial charge in [0, 0.05) is 78.1 Å². The van der Waals surface area contributed by atoms with Gasteiger partial charge in [-0.15, -0.1) is 11.8 Å². The first-order valence-electron chi connectivity index (χ1n) is 21.8. The minimum Gasteiger partial charge on any atom is -0.376 e. The highest BCUT2D eigenvalue weighted by Gasteiger charge is 2.30. The van der Waals surface area contributed by atoms with Crippen molar-refractivity contribution in [1.29, 1.82) is 0 Å². The van der Waals surface area contributed by atoms with Crippen molar-refractivity contribution in [3.8, 4) is 0 Å². The van der Waals surface area contributed by atoms with Crippen LogP contribution in [0.4, 0.5) is 22.9 Å². The van der Waals surface area contributed by atoms with Gasteiger partial charge in [-0.3, -0.25) is 19.7 Å². The predicted molar refractivity (Wildman–Crippen MR) is 260 cm³/mol. The molecule has 0 radical (unpaired) electrons. The smallest absolute Gasteiger partial charge is 0.293 e. The van der Waals surface area contributed by atoms with Gasteiger partial charge in [-0.1, -0.05) is 75.2 Å². The number of anilines is 3. The van der Waals surface area contributed by atoms with Crippen LogP contribution in [0.15, 0.2) is 113 Å². The van der Waals surface area contributed by atoms with E-state index in [4.69, 9.17) is 11.6 Å². The minimum atomic E-state index is -4.27. The molecule has 7 rings (SSSR count). The lowest BCUT2D eigenvalue weighted by atomic mass is 9.73. The van der Waals surface area contributed by atoms with Crippen molar-refractivity contribution < 1.29 is 13.3 Å². The Morgan fingerprint density at radius 1 is 0.968 bits per heavy atom. The number of thioether (sulfide) groups is 1. The number of nitro benzene ring substituents is 1. The molecule has 2 N–H and O–H groups in total. The number of rotatable bonds is 18. The Hall–Kier alpha value is -4.73. The zero-order valence-electron chi connectivity index (χ0n) is 36.9. The Balaban J connectivity index is 1.03. The molecule has 15 heteroatoms. The molecule has 2 aliphatic rings. The van der Waals surface area contributed by atoms with Crippen molar-refractivity contribution in [2.24, 2.45) is 11.3 Å². The number of benzene rings is 4. The molecule has 12 nitrogen and oxygen atoms in total. The quantitative estimate of drug-likeness (QED) is 0.0494. The van der Waals surface area contributed by atoms with Gasteiger partial charge >= 0.3 is 0 Å². The zero-order chi connectivity index (χ0) is 44.7. The molecule has 1 atom stereocenters. The largest absolute Gasteiger partial charge is 0.376 e. The van der Waals surface area contributed by atoms with E-state index in [0.717, 1.165) is 93.2 Å². The van der Waals surface area contributed by atoms with E-state index in [-0.39, 0.29) is 33.5 Å². The van der Waals surface area contributed by atoms with Gasteiger partial charge in [0.15, 0.2) is 5.82 Å². The molecule has 1 aromatic heterocycles. The summed E-state index contributed by atoms with van der Waals surface area (Å²) in [4.78, 5) is 28.7. The molecule has 5 aromatic rings. The number of nitrogens with zero attached hydrogens (tertiary/aromatic N) is 6. The maximum atomic E-state index is 13.9. The topological polar surface area (TPSA) is 137 Å². The molecule has 1 aliphatic heterocycles. The Morgan fingerprint density at radius 2 is 1.71 bits per heavy atom. The third kappa shape index (κ3) is 12.3. The maximum Gasteiger partial charge on any atom is 0.293 e. The van der Waals surface area contributed by atoms with E-state index in [0.29, 0.717) is 22.6 Å². The molecule has 63 heavy (non-hydrogen) atoms. The molecule has 0 saturated carbocycles. The monoisotopic (exact) mass is 910 g/mol. The van der Waals surface area contributed by atoms with Crippen LogP contribution in [0.5, 0.6) is 0 Å². The van der Waals surface area contributed by atoms with Crippen molar-refractivity contribution in [3.05, 3.63) is 124 Å². The molecule has 0 amide bonds. The number of fused-ring (bicyclic) bond motifs is 1. The summed E-state index contributed by atoms with van der Waals surface area (Å²) in [5.41, 5.74) is 6.04. The number of nitrogens with one attached hydrogen (secondary N) is 2. The minimum absolute atomic E-state index is 0.102. The van der Waals surface area contributed by atoms with Gasteiger partial charge in [0.05, 0.1) is 15.3 Å². The van der Waals surface area contributed by atoms with E-state index in [1.54, 1.807) is 11.8 Å². The third-order valence-electron chi connectivity index (χ3n) is 11.9. The number of nitro groups is 1. The number of hydrogen-bond donors (Lipinski definition) is 2. The van der Waals surface area contributed by atoms with Crippen LogP contribution in [0.25, 0.3) is 16.5 Å². The number of aromatic nitrogens is 2. The van der Waals surface area contributed by atoms with Crippen molar-refractivity contribution in [2.45, 2.75) is 69.2 Å². The molecule has 2 heterocycles. The summed E-state index contributed by atoms with van der Waals surface area (Å²) in [7, 11) is -2.20. The molecule has 0 spiro atoms. The SMILES string of the molecule is CC(C)CN(C)CC[C@H](CSc1ccccc1)Nc1ccc(S(=O)(=O)Nc2ncnc3cc(N4CCN(CC5=C(c6ccc(Cl)cc6)CCC(C)(C)C5)CC4)ccc23)cc1[N+](=O)[O-]. The van der Waals surface area contributed by atoms with Gasteiger partial charge < -0.3 is 15.1 Å². The van der Waals surface area contributed by atoms with Crippen molar-refractivity contribution in [1.82, 2.24) is 19.8 Å². The number of sulfonamides is 1. The lowest BCUT2D eigenvalue weighted by molar-refractivity contribution is -0.384. The highest BCUT2D eigenvalue weighted by atomic mass is 35.5. The van der Waals surface area contributed by atoms with Crippen LogP contribution in [-0.2, 0) is 10.0 Å². The Morgan fingerprint density at radius 3 is 2.43 bits per heavy atom. The summed E-state index contributed by atoms with van der Waals surface area (Å²) in [6.45, 7) is 15.3. The first-order chi connectivity index (χ1) is 30.1. The van der Waals surface area contributed by atoms with E-state index in [9.17, 15) is 18.5 Å². The van der Waals surface area contributed by atoms with E-state index in [2.05, 4.69) is 81.6 Å². The van der Waals surface area contributed by atoms with Gasteiger partial charge in [-0.05, 0) is 116 Å². The summed E-state index contributed by atoms with van der Waals surface area (Å²) in [6.07, 6.45) is 5.38. The van der Waals surface area contributed by atoms with Crippen LogP contribution in [0.2, 0.25) is 5.02 Å². The fourth-order valence-corrected chi connectivity index (χ4v) is 10.8. The lowest BCUT2D eigenvalue weighted by Crippen LogP contribution is -2.47. The molecule has 1 saturated heterocycles. The molecule has 0 bridgehead atoms. The van der Waals surface area contributed by atoms with E-state index >= 15 is 0 Å². The van der Waals surface area contributed by atoms with Gasteiger partial charge in [0.2, 0.25) is 0 Å². The number of hydrogen-bond acceptors (Lipinski definition) is 11. The molecule has 1 fully saturated rings. The Kier molecular flexibility index (Phi) is 15.0. The third-order valence-corrected chi connectivity index (χ3v) is 14.7. The number of allylic oxidation sites excluding steroid dienone is 1. The van der Waals surface area contributed by atoms with E-state index in [1.807, 2.05) is 60.7 Å². The van der Waals surface area contributed by atoms with Crippen LogP contribution >= 0.6 is 23.4 Å². The molecular weight excluding hydrogens is 852 g/mol. The number of piperazine rings is 1. The average molecular weight is 912 g/mol. The highest BCUT2D eigenvalue weighted by Crippen LogP contribution is 2.43. The van der Waals surface area contributed by atoms with Crippen LogP contribution in [-0.4, -0.2) is 97.8 Å². The standard InChI is InChI=1S/C48H59ClN8O4S2/c1-34(2)30-54(5)22-20-38(32-62-40-9-7-6-8-10-40)52-44-18-16-41(28-46(44)57(58)59)63(60,61)53-47-43-17-15-39(27-45(43)50-33-51-47)56-25-23-55(24-26-56)31-36-29-48(3,4)21-19-42(36)35-11-13-37(49)14-12-35/h6-18,27-28,33-34,38,52H,19-26,29-32H2,1-5H3,(H,50,51,53)/t38-/m1/s1. The summed E-state index contributed by atoms with van der Waals surface area (Å²) >= 11 is 7.90. The summed E-state index contributed by atoms with van der Waals surface area (Å²) in [5, 5.41) is 17.1. The lowest BCUT2D eigenvalue weighted by Gasteiger charge is -2.39. The second kappa shape index (κ2) is 20.4. The van der Waals surface area contributed by atoms with Crippen LogP contribution in [0.3, 0.4) is 0 Å². The van der Waals surface area contributed by atoms with Crippen LogP contribution in [0.1, 0.15) is 58.9 Å². The fraction of sp³-hybridized carbons (Fsp3) is 0.417. The van der Waals surface area contributed by atoms with Gasteiger partial charge in [0.25, 0.3) is 15.7 Å². The van der Waals surface area contributed by atoms with Gasteiger partial charge in [-0.25, -0.2) is 18.4 Å². The Labute approximate surface area is 381 Å². The van der Waals surface area contributed by atoms with Crippen molar-refractivity contribution >= 4 is 72.7 Å². The maximum absolute atomic E-state index is 13.9. The molecule has 0 unspecified atom stereocenters. The Bertz CT molecular complexity index is 2510. The summed E-state index contributed by atoms with van der Waals surface area (Å²) in [5.74, 6) is 1.28. The summed E-state index contributed by atoms with van der Waals surface area (Å²) in [6, 6.07) is 27.9. The van der Waals surface area contributed by atoms with Gasteiger partial charge in [-0.2, -0.15) is 0 Å².